The van der Waals surface area contributed by atoms with E-state index >= 15 is 0 Å². The molecule has 0 spiro atoms. The van der Waals surface area contributed by atoms with E-state index in [9.17, 15) is 0 Å². The monoisotopic (exact) mass is 284 g/mol. The zero-order valence-electron chi connectivity index (χ0n) is 13.7. The minimum atomic E-state index is 0.317. The molecule has 2 unspecified atom stereocenters. The van der Waals surface area contributed by atoms with Crippen molar-refractivity contribution in [2.24, 2.45) is 11.8 Å². The SMILES string of the molecule is COCCOCCN1CC(C)(C2CC2)NCC1C(C)C. The predicted octanol–water partition coefficient (Wildman–Crippen LogP) is 1.75. The van der Waals surface area contributed by atoms with Crippen LogP contribution in [0.5, 0.6) is 0 Å². The first-order valence-corrected chi connectivity index (χ1v) is 8.12. The summed E-state index contributed by atoms with van der Waals surface area (Å²) in [7, 11) is 1.72. The van der Waals surface area contributed by atoms with Crippen LogP contribution in [0.3, 0.4) is 0 Å². The lowest BCUT2D eigenvalue weighted by Gasteiger charge is -2.48. The van der Waals surface area contributed by atoms with Crippen molar-refractivity contribution in [3.05, 3.63) is 0 Å². The van der Waals surface area contributed by atoms with Gasteiger partial charge in [-0.25, -0.2) is 0 Å². The molecule has 0 radical (unpaired) electrons. The third-order valence-corrected chi connectivity index (χ3v) is 4.92. The maximum atomic E-state index is 5.66. The number of nitrogens with zero attached hydrogens (tertiary/aromatic N) is 1. The third kappa shape index (κ3) is 4.17. The summed E-state index contributed by atoms with van der Waals surface area (Å²) >= 11 is 0. The predicted molar refractivity (Wildman–Crippen MR) is 82.0 cm³/mol. The lowest BCUT2D eigenvalue weighted by atomic mass is 9.88. The van der Waals surface area contributed by atoms with Crippen molar-refractivity contribution in [2.75, 3.05) is 46.6 Å². The highest BCUT2D eigenvalue weighted by atomic mass is 16.5. The summed E-state index contributed by atoms with van der Waals surface area (Å²) in [6, 6.07) is 0.632. The maximum absolute atomic E-state index is 5.66. The number of nitrogens with one attached hydrogen (secondary N) is 1. The van der Waals surface area contributed by atoms with Crippen molar-refractivity contribution in [1.82, 2.24) is 10.2 Å². The zero-order chi connectivity index (χ0) is 14.6. The van der Waals surface area contributed by atoms with Gasteiger partial charge in [0.25, 0.3) is 0 Å². The van der Waals surface area contributed by atoms with Crippen LogP contribution in [0.2, 0.25) is 0 Å². The summed E-state index contributed by atoms with van der Waals surface area (Å²) in [5.41, 5.74) is 0.317. The molecule has 0 aromatic rings. The van der Waals surface area contributed by atoms with Gasteiger partial charge in [0.1, 0.15) is 0 Å². The van der Waals surface area contributed by atoms with Gasteiger partial charge in [0.15, 0.2) is 0 Å². The largest absolute Gasteiger partial charge is 0.382 e. The minimum absolute atomic E-state index is 0.317. The van der Waals surface area contributed by atoms with E-state index in [1.54, 1.807) is 7.11 Å². The zero-order valence-corrected chi connectivity index (χ0v) is 13.7. The molecular weight excluding hydrogens is 252 g/mol. The topological polar surface area (TPSA) is 33.7 Å². The molecule has 0 aromatic heterocycles. The van der Waals surface area contributed by atoms with Gasteiger partial charge >= 0.3 is 0 Å². The lowest BCUT2D eigenvalue weighted by molar-refractivity contribution is 0.0124. The van der Waals surface area contributed by atoms with E-state index in [-0.39, 0.29) is 0 Å². The molecule has 20 heavy (non-hydrogen) atoms. The van der Waals surface area contributed by atoms with Crippen molar-refractivity contribution in [1.29, 1.82) is 0 Å². The molecule has 1 heterocycles. The minimum Gasteiger partial charge on any atom is -0.382 e. The second kappa shape index (κ2) is 7.21. The van der Waals surface area contributed by atoms with Crippen LogP contribution in [0.25, 0.3) is 0 Å². The molecule has 2 rings (SSSR count). The Morgan fingerprint density at radius 2 is 2.00 bits per heavy atom. The average Bonchev–Trinajstić information content (AvgIpc) is 3.23. The standard InChI is InChI=1S/C16H32N2O2/c1-13(2)15-11-17-16(3,14-5-6-14)12-18(15)7-8-20-10-9-19-4/h13-15,17H,5-12H2,1-4H3. The van der Waals surface area contributed by atoms with Crippen molar-refractivity contribution in [3.8, 4) is 0 Å². The molecule has 1 saturated heterocycles. The molecule has 1 N–H and O–H groups in total. The number of rotatable bonds is 8. The van der Waals surface area contributed by atoms with Crippen LogP contribution in [0, 0.1) is 11.8 Å². The van der Waals surface area contributed by atoms with Gasteiger partial charge < -0.3 is 14.8 Å². The third-order valence-electron chi connectivity index (χ3n) is 4.92. The molecule has 0 bridgehead atoms. The van der Waals surface area contributed by atoms with Crippen molar-refractivity contribution in [2.45, 2.75) is 45.2 Å². The Morgan fingerprint density at radius 3 is 2.60 bits per heavy atom. The fraction of sp³-hybridized carbons (Fsp3) is 1.00. The van der Waals surface area contributed by atoms with Gasteiger partial charge in [-0.2, -0.15) is 0 Å². The second-order valence-electron chi connectivity index (χ2n) is 6.96. The smallest absolute Gasteiger partial charge is 0.0700 e. The molecular formula is C16H32N2O2. The summed E-state index contributed by atoms with van der Waals surface area (Å²) in [5, 5.41) is 3.83. The highest BCUT2D eigenvalue weighted by molar-refractivity contribution is 5.04. The Kier molecular flexibility index (Phi) is 5.84. The van der Waals surface area contributed by atoms with Crippen LogP contribution in [0.15, 0.2) is 0 Å². The number of hydrogen-bond donors (Lipinski definition) is 1. The summed E-state index contributed by atoms with van der Waals surface area (Å²) in [6.45, 7) is 12.6. The van der Waals surface area contributed by atoms with Crippen molar-refractivity contribution in [3.63, 3.8) is 0 Å². The van der Waals surface area contributed by atoms with Crippen LogP contribution in [0.4, 0.5) is 0 Å². The van der Waals surface area contributed by atoms with E-state index in [1.165, 1.54) is 12.8 Å². The highest BCUT2D eigenvalue weighted by Gasteiger charge is 2.46. The summed E-state index contributed by atoms with van der Waals surface area (Å²) in [4.78, 5) is 2.65. The number of piperazine rings is 1. The fourth-order valence-corrected chi connectivity index (χ4v) is 3.38. The van der Waals surface area contributed by atoms with Crippen molar-refractivity contribution >= 4 is 0 Å². The molecule has 4 heteroatoms. The average molecular weight is 284 g/mol. The van der Waals surface area contributed by atoms with E-state index in [2.05, 4.69) is 31.0 Å². The molecule has 1 aliphatic heterocycles. The summed E-state index contributed by atoms with van der Waals surface area (Å²) in [5.74, 6) is 1.57. The van der Waals surface area contributed by atoms with Gasteiger partial charge in [-0.05, 0) is 31.6 Å². The number of hydrogen-bond acceptors (Lipinski definition) is 4. The molecule has 0 amide bonds. The van der Waals surface area contributed by atoms with E-state index in [0.29, 0.717) is 30.7 Å². The van der Waals surface area contributed by atoms with Crippen LogP contribution >= 0.6 is 0 Å². The Labute approximate surface area is 124 Å². The molecule has 118 valence electrons. The van der Waals surface area contributed by atoms with Crippen LogP contribution in [0.1, 0.15) is 33.6 Å². The highest BCUT2D eigenvalue weighted by Crippen LogP contribution is 2.41. The normalized spacial score (nSPS) is 31.9. The molecule has 2 atom stereocenters. The Bertz CT molecular complexity index is 294. The first-order chi connectivity index (χ1) is 9.57. The Morgan fingerprint density at radius 1 is 1.25 bits per heavy atom. The van der Waals surface area contributed by atoms with Gasteiger partial charge in [-0.1, -0.05) is 13.8 Å². The molecule has 2 aliphatic rings. The Balaban J connectivity index is 1.83. The fourth-order valence-electron chi connectivity index (χ4n) is 3.38. The molecule has 1 aliphatic carbocycles. The maximum Gasteiger partial charge on any atom is 0.0700 e. The van der Waals surface area contributed by atoms with Gasteiger partial charge in [0.2, 0.25) is 0 Å². The molecule has 0 aromatic carbocycles. The molecule has 4 nitrogen and oxygen atoms in total. The first-order valence-electron chi connectivity index (χ1n) is 8.12. The lowest BCUT2D eigenvalue weighted by Crippen LogP contribution is -2.65. The van der Waals surface area contributed by atoms with Gasteiger partial charge in [-0.15, -0.1) is 0 Å². The van der Waals surface area contributed by atoms with Gasteiger partial charge in [0.05, 0.1) is 19.8 Å². The van der Waals surface area contributed by atoms with Crippen LogP contribution < -0.4 is 5.32 Å². The summed E-state index contributed by atoms with van der Waals surface area (Å²) < 4.78 is 10.7. The first kappa shape index (κ1) is 16.2. The second-order valence-corrected chi connectivity index (χ2v) is 6.96. The Hall–Kier alpha value is -0.160. The molecule has 2 fully saturated rings. The van der Waals surface area contributed by atoms with E-state index in [4.69, 9.17) is 9.47 Å². The van der Waals surface area contributed by atoms with Crippen molar-refractivity contribution < 1.29 is 9.47 Å². The van der Waals surface area contributed by atoms with Crippen LogP contribution in [-0.4, -0.2) is 63.0 Å². The van der Waals surface area contributed by atoms with E-state index in [1.807, 2.05) is 0 Å². The van der Waals surface area contributed by atoms with E-state index < -0.39 is 0 Å². The number of ether oxygens (including phenoxy) is 2. The van der Waals surface area contributed by atoms with Gasteiger partial charge in [0, 0.05) is 38.3 Å². The quantitative estimate of drug-likeness (QED) is 0.689. The molecule has 1 saturated carbocycles. The summed E-state index contributed by atoms with van der Waals surface area (Å²) in [6.07, 6.45) is 2.79. The van der Waals surface area contributed by atoms with Gasteiger partial charge in [-0.3, -0.25) is 4.90 Å². The number of methoxy groups -OCH3 is 1. The van der Waals surface area contributed by atoms with E-state index in [0.717, 1.165) is 32.2 Å². The van der Waals surface area contributed by atoms with Crippen LogP contribution in [-0.2, 0) is 9.47 Å².